The van der Waals surface area contributed by atoms with Crippen molar-refractivity contribution in [2.24, 2.45) is 0 Å². The molecular formula is C25H21NO5. The van der Waals surface area contributed by atoms with Gasteiger partial charge in [-0.2, -0.15) is 5.26 Å². The summed E-state index contributed by atoms with van der Waals surface area (Å²) in [5.41, 5.74) is 1.74. The Labute approximate surface area is 180 Å². The standard InChI is InChI=1S/C25H21NO5/c1-3-30-24(27)11-8-17-12-18-6-4-5-7-22(18)20(13-17)14-25(28)31-23-15-21(29-2)10-9-19(23)16-26/h4-13,15H,3,14H2,1-2H3/b11-8+. The van der Waals surface area contributed by atoms with Gasteiger partial charge in [0.15, 0.2) is 5.75 Å². The molecule has 0 aromatic heterocycles. The van der Waals surface area contributed by atoms with Gasteiger partial charge in [0.05, 0.1) is 25.7 Å². The zero-order valence-corrected chi connectivity index (χ0v) is 17.3. The summed E-state index contributed by atoms with van der Waals surface area (Å²) in [7, 11) is 1.49. The second-order valence-electron chi connectivity index (χ2n) is 6.61. The number of esters is 2. The molecule has 0 spiro atoms. The van der Waals surface area contributed by atoms with Gasteiger partial charge in [0, 0.05) is 12.1 Å². The van der Waals surface area contributed by atoms with Crippen LogP contribution in [0.2, 0.25) is 0 Å². The molecule has 3 rings (SSSR count). The van der Waals surface area contributed by atoms with Crippen molar-refractivity contribution in [1.29, 1.82) is 5.26 Å². The van der Waals surface area contributed by atoms with E-state index in [0.717, 1.165) is 21.9 Å². The molecule has 0 saturated heterocycles. The summed E-state index contributed by atoms with van der Waals surface area (Å²) in [6, 6.07) is 18.1. The SMILES string of the molecule is CCOC(=O)/C=C/c1cc(CC(=O)Oc2cc(OC)ccc2C#N)c2ccccc2c1. The first-order valence-corrected chi connectivity index (χ1v) is 9.69. The number of carbonyl (C=O) groups excluding carboxylic acids is 2. The number of nitrogens with zero attached hydrogens (tertiary/aromatic N) is 1. The Morgan fingerprint density at radius 3 is 2.65 bits per heavy atom. The zero-order chi connectivity index (χ0) is 22.2. The third-order valence-electron chi connectivity index (χ3n) is 4.54. The van der Waals surface area contributed by atoms with Crippen LogP contribution in [-0.2, 0) is 20.7 Å². The first-order valence-electron chi connectivity index (χ1n) is 9.69. The van der Waals surface area contributed by atoms with Crippen molar-refractivity contribution in [3.8, 4) is 17.6 Å². The summed E-state index contributed by atoms with van der Waals surface area (Å²) in [5.74, 6) is -0.312. The fourth-order valence-electron chi connectivity index (χ4n) is 3.13. The van der Waals surface area contributed by atoms with E-state index in [4.69, 9.17) is 14.2 Å². The molecule has 156 valence electrons. The van der Waals surface area contributed by atoms with Crippen LogP contribution in [0.3, 0.4) is 0 Å². The molecule has 0 N–H and O–H groups in total. The highest BCUT2D eigenvalue weighted by molar-refractivity contribution is 5.93. The predicted octanol–water partition coefficient (Wildman–Crippen LogP) is 4.44. The quantitative estimate of drug-likeness (QED) is 0.322. The second-order valence-corrected chi connectivity index (χ2v) is 6.61. The Morgan fingerprint density at radius 2 is 1.90 bits per heavy atom. The van der Waals surface area contributed by atoms with Gasteiger partial charge in [-0.25, -0.2) is 4.79 Å². The largest absolute Gasteiger partial charge is 0.497 e. The van der Waals surface area contributed by atoms with E-state index in [0.29, 0.717) is 12.4 Å². The van der Waals surface area contributed by atoms with Crippen molar-refractivity contribution < 1.29 is 23.8 Å². The lowest BCUT2D eigenvalue weighted by atomic mass is 9.98. The van der Waals surface area contributed by atoms with Gasteiger partial charge in [-0.05, 0) is 53.1 Å². The number of hydrogen-bond acceptors (Lipinski definition) is 6. The second kappa shape index (κ2) is 10.1. The minimum Gasteiger partial charge on any atom is -0.497 e. The molecule has 0 saturated carbocycles. The van der Waals surface area contributed by atoms with E-state index in [1.807, 2.05) is 42.5 Å². The van der Waals surface area contributed by atoms with Crippen molar-refractivity contribution in [2.45, 2.75) is 13.3 Å². The molecule has 31 heavy (non-hydrogen) atoms. The predicted molar refractivity (Wildman–Crippen MR) is 117 cm³/mol. The maximum absolute atomic E-state index is 12.7. The number of ether oxygens (including phenoxy) is 3. The number of benzene rings is 3. The number of fused-ring (bicyclic) bond motifs is 1. The summed E-state index contributed by atoms with van der Waals surface area (Å²) in [5, 5.41) is 11.1. The summed E-state index contributed by atoms with van der Waals surface area (Å²) < 4.78 is 15.5. The third kappa shape index (κ3) is 5.49. The number of nitriles is 1. The monoisotopic (exact) mass is 415 g/mol. The van der Waals surface area contributed by atoms with Crippen LogP contribution in [0.1, 0.15) is 23.6 Å². The molecule has 0 fully saturated rings. The van der Waals surface area contributed by atoms with Crippen LogP contribution in [0.15, 0.2) is 60.7 Å². The Bertz CT molecular complexity index is 1190. The van der Waals surface area contributed by atoms with Crippen LogP contribution < -0.4 is 9.47 Å². The molecule has 0 radical (unpaired) electrons. The maximum Gasteiger partial charge on any atom is 0.330 e. The van der Waals surface area contributed by atoms with Crippen LogP contribution >= 0.6 is 0 Å². The maximum atomic E-state index is 12.7. The molecular weight excluding hydrogens is 394 g/mol. The van der Waals surface area contributed by atoms with Gasteiger partial charge < -0.3 is 14.2 Å². The average molecular weight is 415 g/mol. The van der Waals surface area contributed by atoms with Gasteiger partial charge in [0.1, 0.15) is 11.8 Å². The molecule has 0 unspecified atom stereocenters. The number of rotatable bonds is 7. The van der Waals surface area contributed by atoms with E-state index >= 15 is 0 Å². The first-order chi connectivity index (χ1) is 15.0. The average Bonchev–Trinajstić information content (AvgIpc) is 2.77. The van der Waals surface area contributed by atoms with Gasteiger partial charge in [-0.15, -0.1) is 0 Å². The molecule has 3 aromatic carbocycles. The van der Waals surface area contributed by atoms with Crippen molar-refractivity contribution >= 4 is 28.8 Å². The topological polar surface area (TPSA) is 85.6 Å². The number of hydrogen-bond donors (Lipinski definition) is 0. The molecule has 6 heteroatoms. The van der Waals surface area contributed by atoms with E-state index in [2.05, 4.69) is 0 Å². The third-order valence-corrected chi connectivity index (χ3v) is 4.54. The Kier molecular flexibility index (Phi) is 7.02. The number of carbonyl (C=O) groups is 2. The molecule has 0 bridgehead atoms. The van der Waals surface area contributed by atoms with E-state index in [-0.39, 0.29) is 17.7 Å². The highest BCUT2D eigenvalue weighted by Gasteiger charge is 2.14. The van der Waals surface area contributed by atoms with Crippen molar-refractivity contribution in [3.63, 3.8) is 0 Å². The van der Waals surface area contributed by atoms with Gasteiger partial charge >= 0.3 is 11.9 Å². The molecule has 3 aromatic rings. The lowest BCUT2D eigenvalue weighted by molar-refractivity contribution is -0.137. The van der Waals surface area contributed by atoms with Crippen LogP contribution in [0.25, 0.3) is 16.8 Å². The summed E-state index contributed by atoms with van der Waals surface area (Å²) >= 11 is 0. The van der Waals surface area contributed by atoms with E-state index in [1.165, 1.54) is 25.3 Å². The summed E-state index contributed by atoms with van der Waals surface area (Å²) in [6.45, 7) is 2.04. The minimum atomic E-state index is -0.513. The van der Waals surface area contributed by atoms with Crippen LogP contribution in [0.5, 0.6) is 11.5 Å². The molecule has 0 amide bonds. The van der Waals surface area contributed by atoms with Gasteiger partial charge in [-0.1, -0.05) is 30.3 Å². The molecule has 0 aliphatic rings. The molecule has 0 aliphatic heterocycles. The van der Waals surface area contributed by atoms with Crippen LogP contribution in [0.4, 0.5) is 0 Å². The molecule has 0 aliphatic carbocycles. The smallest absolute Gasteiger partial charge is 0.330 e. The molecule has 6 nitrogen and oxygen atoms in total. The van der Waals surface area contributed by atoms with E-state index in [9.17, 15) is 14.9 Å². The zero-order valence-electron chi connectivity index (χ0n) is 17.3. The lowest BCUT2D eigenvalue weighted by Crippen LogP contribution is -2.12. The highest BCUT2D eigenvalue weighted by Crippen LogP contribution is 2.26. The van der Waals surface area contributed by atoms with Crippen molar-refractivity contribution in [3.05, 3.63) is 77.4 Å². The lowest BCUT2D eigenvalue weighted by Gasteiger charge is -2.11. The van der Waals surface area contributed by atoms with Gasteiger partial charge in [-0.3, -0.25) is 4.79 Å². The Hall–Kier alpha value is -4.11. The molecule has 0 heterocycles. The highest BCUT2D eigenvalue weighted by atomic mass is 16.5. The summed E-state index contributed by atoms with van der Waals surface area (Å²) in [4.78, 5) is 24.3. The first kappa shape index (κ1) is 21.6. The van der Waals surface area contributed by atoms with Crippen LogP contribution in [-0.4, -0.2) is 25.7 Å². The normalized spacial score (nSPS) is 10.6. The Balaban J connectivity index is 1.89. The fourth-order valence-corrected chi connectivity index (χ4v) is 3.13. The van der Waals surface area contributed by atoms with Gasteiger partial charge in [0.2, 0.25) is 0 Å². The minimum absolute atomic E-state index is 0.0102. The Morgan fingerprint density at radius 1 is 1.10 bits per heavy atom. The van der Waals surface area contributed by atoms with Crippen LogP contribution in [0, 0.1) is 11.3 Å². The fraction of sp³-hybridized carbons (Fsp3) is 0.160. The summed E-state index contributed by atoms with van der Waals surface area (Å²) in [6.07, 6.45) is 2.99. The van der Waals surface area contributed by atoms with Gasteiger partial charge in [0.25, 0.3) is 0 Å². The molecule has 0 atom stereocenters. The van der Waals surface area contributed by atoms with Crippen molar-refractivity contribution in [2.75, 3.05) is 13.7 Å². The van der Waals surface area contributed by atoms with Crippen molar-refractivity contribution in [1.82, 2.24) is 0 Å². The van der Waals surface area contributed by atoms with E-state index < -0.39 is 11.9 Å². The van der Waals surface area contributed by atoms with E-state index in [1.54, 1.807) is 19.1 Å². The number of methoxy groups -OCH3 is 1.